The summed E-state index contributed by atoms with van der Waals surface area (Å²) >= 11 is 0. The van der Waals surface area contributed by atoms with Gasteiger partial charge >= 0.3 is 12.2 Å². The third-order valence-electron chi connectivity index (χ3n) is 16.3. The van der Waals surface area contributed by atoms with Crippen LogP contribution < -0.4 is 20.4 Å². The summed E-state index contributed by atoms with van der Waals surface area (Å²) in [5, 5.41) is 5.29. The number of alkyl carbamates (subject to hydrolysis) is 2. The van der Waals surface area contributed by atoms with Crippen molar-refractivity contribution in [1.29, 1.82) is 0 Å². The first-order valence-electron chi connectivity index (χ1n) is 26.8. The highest BCUT2D eigenvalue weighted by Crippen LogP contribution is 2.50. The number of carbonyl (C=O) groups is 4. The second kappa shape index (κ2) is 21.8. The van der Waals surface area contributed by atoms with E-state index in [0.29, 0.717) is 78.1 Å². The predicted octanol–water partition coefficient (Wildman–Crippen LogP) is 10.6. The van der Waals surface area contributed by atoms with Gasteiger partial charge < -0.3 is 49.7 Å². The SMILES string of the molecule is COC(=O)NC(C(=O)N1CCC[C@H]1c1nc2cc([C@H]3CC[C@H](c4cc5nc([C@@H]6CCCN6C(=O)C(NC(=O)OC)C(C)C)[nH]c5cc4F)N3c3cc(F)c(N4CCC(F)(c5ccccc5)CC4)c(F)c3)c(F)cc2[nH]1)C(C)C. The lowest BCUT2D eigenvalue weighted by atomic mass is 9.86. The van der Waals surface area contributed by atoms with Crippen LogP contribution in [0, 0.1) is 35.1 Å². The zero-order valence-corrected chi connectivity index (χ0v) is 44.5. The number of nitrogens with one attached hydrogen (secondary N) is 4. The molecular weight excluding hydrogens is 1020 g/mol. The van der Waals surface area contributed by atoms with Gasteiger partial charge in [-0.25, -0.2) is 41.5 Å². The highest BCUT2D eigenvalue weighted by molar-refractivity contribution is 5.88. The molecule has 4 fully saturated rings. The van der Waals surface area contributed by atoms with E-state index in [9.17, 15) is 19.2 Å². The number of hydrogen-bond donors (Lipinski definition) is 4. The summed E-state index contributed by atoms with van der Waals surface area (Å²) in [4.78, 5) is 75.0. The van der Waals surface area contributed by atoms with E-state index in [0.717, 1.165) is 0 Å². The molecule has 78 heavy (non-hydrogen) atoms. The molecule has 0 bridgehead atoms. The van der Waals surface area contributed by atoms with E-state index >= 15 is 22.0 Å². The zero-order chi connectivity index (χ0) is 55.3. The Morgan fingerprint density at radius 3 is 1.49 bits per heavy atom. The van der Waals surface area contributed by atoms with Gasteiger partial charge in [-0.2, -0.15) is 0 Å². The number of nitrogens with zero attached hydrogens (tertiary/aromatic N) is 6. The van der Waals surface area contributed by atoms with Crippen LogP contribution in [0.25, 0.3) is 22.1 Å². The summed E-state index contributed by atoms with van der Waals surface area (Å²) < 4.78 is 93.4. The summed E-state index contributed by atoms with van der Waals surface area (Å²) in [6.45, 7) is 8.12. The van der Waals surface area contributed by atoms with E-state index in [1.165, 1.54) is 43.4 Å². The minimum absolute atomic E-state index is 0.00153. The molecule has 2 unspecified atom stereocenters. The second-order valence-corrected chi connectivity index (χ2v) is 21.7. The quantitative estimate of drug-likeness (QED) is 0.0813. The monoisotopic (exact) mass is 1080 g/mol. The molecule has 4 saturated heterocycles. The van der Waals surface area contributed by atoms with Crippen molar-refractivity contribution < 1.29 is 50.6 Å². The Morgan fingerprint density at radius 1 is 0.615 bits per heavy atom. The number of halogens is 5. The standard InChI is InChI=1S/C57H65F5N10O6/c1-30(2)48(67-55(75)77-5)53(73)70-20-10-14-46(70)51-63-40-26-34(36(58)28-42(40)65-51)44-16-17-45(72(44)33-24-38(60)50(39(61)25-33)69-22-18-57(62,19-23-69)32-12-8-7-9-13-32)35-27-41-43(29-37(35)59)66-52(64-41)47-15-11-21-71(47)54(74)49(31(3)4)68-56(76)78-6/h7-9,12-13,24-31,44-49H,10-11,14-23H2,1-6H3,(H,63,65)(H,64,66)(H,67,75)(H,68,76)/t44-,45-,46+,47+,48?,49?/m1/s1. The minimum atomic E-state index is -1.68. The number of methoxy groups -OCH3 is 2. The van der Waals surface area contributed by atoms with E-state index in [1.54, 1.807) is 57.2 Å². The van der Waals surface area contributed by atoms with Gasteiger partial charge in [0.15, 0.2) is 11.6 Å². The van der Waals surface area contributed by atoms with Crippen molar-refractivity contribution in [2.45, 2.75) is 121 Å². The fourth-order valence-corrected chi connectivity index (χ4v) is 12.2. The van der Waals surface area contributed by atoms with E-state index in [-0.39, 0.29) is 84.9 Å². The first-order valence-corrected chi connectivity index (χ1v) is 26.8. The van der Waals surface area contributed by atoms with Crippen molar-refractivity contribution in [3.63, 3.8) is 0 Å². The molecule has 4 aliphatic heterocycles. The third-order valence-corrected chi connectivity index (χ3v) is 16.3. The molecule has 4 N–H and O–H groups in total. The Hall–Kier alpha value is -7.45. The largest absolute Gasteiger partial charge is 0.453 e. The molecule has 6 atom stereocenters. The van der Waals surface area contributed by atoms with Crippen molar-refractivity contribution in [3.8, 4) is 0 Å². The first-order chi connectivity index (χ1) is 37.4. The van der Waals surface area contributed by atoms with Crippen molar-refractivity contribution in [2.24, 2.45) is 11.8 Å². The molecule has 4 amide bonds. The number of likely N-dealkylation sites (tertiary alicyclic amines) is 2. The van der Waals surface area contributed by atoms with Gasteiger partial charge in [0.25, 0.3) is 0 Å². The van der Waals surface area contributed by atoms with Crippen LogP contribution in [0.1, 0.15) is 132 Å². The van der Waals surface area contributed by atoms with Gasteiger partial charge in [-0.05, 0) is 92.3 Å². The molecule has 6 aromatic rings. The molecule has 6 heterocycles. The number of carbonyl (C=O) groups excluding carboxylic acids is 4. The van der Waals surface area contributed by atoms with E-state index < -0.39 is 77.4 Å². The summed E-state index contributed by atoms with van der Waals surface area (Å²) in [6.07, 6.45) is 1.35. The van der Waals surface area contributed by atoms with Crippen LogP contribution in [0.5, 0.6) is 0 Å². The van der Waals surface area contributed by atoms with Crippen molar-refractivity contribution in [2.75, 3.05) is 50.2 Å². The Morgan fingerprint density at radius 2 is 1.06 bits per heavy atom. The number of fused-ring (bicyclic) bond motifs is 2. The number of rotatable bonds is 13. The van der Waals surface area contributed by atoms with Crippen LogP contribution in [0.15, 0.2) is 66.7 Å². The van der Waals surface area contributed by atoms with Gasteiger partial charge in [-0.3, -0.25) is 9.59 Å². The molecule has 10 rings (SSSR count). The Kier molecular flexibility index (Phi) is 15.0. The number of benzene rings is 4. The zero-order valence-electron chi connectivity index (χ0n) is 44.5. The molecule has 4 aliphatic rings. The Bertz CT molecular complexity index is 3060. The maximum Gasteiger partial charge on any atom is 0.407 e. The lowest BCUT2D eigenvalue weighted by Crippen LogP contribution is -2.51. The number of ether oxygens (including phenoxy) is 2. The number of piperidine rings is 1. The van der Waals surface area contributed by atoms with Crippen LogP contribution in [0.2, 0.25) is 0 Å². The van der Waals surface area contributed by atoms with Gasteiger partial charge in [0.05, 0.1) is 60.5 Å². The van der Waals surface area contributed by atoms with Crippen LogP contribution >= 0.6 is 0 Å². The average molecular weight is 1080 g/mol. The molecule has 4 aromatic carbocycles. The molecular formula is C57H65F5N10O6. The number of imidazole rings is 2. The fourth-order valence-electron chi connectivity index (χ4n) is 12.2. The van der Waals surface area contributed by atoms with Crippen LogP contribution in [-0.2, 0) is 24.7 Å². The van der Waals surface area contributed by atoms with Crippen molar-refractivity contribution in [3.05, 3.63) is 118 Å². The van der Waals surface area contributed by atoms with Crippen molar-refractivity contribution in [1.82, 2.24) is 40.4 Å². The summed E-state index contributed by atoms with van der Waals surface area (Å²) in [5.74, 6) is -3.49. The molecule has 21 heteroatoms. The fraction of sp³-hybridized carbons (Fsp3) is 0.474. The van der Waals surface area contributed by atoms with Gasteiger partial charge in [0.2, 0.25) is 11.8 Å². The molecule has 0 saturated carbocycles. The van der Waals surface area contributed by atoms with Crippen LogP contribution in [-0.4, -0.2) is 106 Å². The van der Waals surface area contributed by atoms with E-state index in [1.807, 2.05) is 27.7 Å². The number of alkyl halides is 1. The second-order valence-electron chi connectivity index (χ2n) is 21.7. The van der Waals surface area contributed by atoms with E-state index in [2.05, 4.69) is 20.6 Å². The highest BCUT2D eigenvalue weighted by Gasteiger charge is 2.43. The van der Waals surface area contributed by atoms with Gasteiger partial charge in [-0.1, -0.05) is 58.0 Å². The van der Waals surface area contributed by atoms with Gasteiger partial charge in [-0.15, -0.1) is 0 Å². The lowest BCUT2D eigenvalue weighted by molar-refractivity contribution is -0.136. The first kappa shape index (κ1) is 53.9. The van der Waals surface area contributed by atoms with Crippen molar-refractivity contribution >= 4 is 57.4 Å². The number of aromatic nitrogens is 4. The van der Waals surface area contributed by atoms with E-state index in [4.69, 9.17) is 19.4 Å². The summed E-state index contributed by atoms with van der Waals surface area (Å²) in [7, 11) is 2.44. The molecule has 0 aliphatic carbocycles. The molecule has 16 nitrogen and oxygen atoms in total. The number of amides is 4. The average Bonchev–Trinajstić information content (AvgIpc) is 4.48. The third kappa shape index (κ3) is 10.1. The number of anilines is 2. The maximum atomic E-state index is 17.0. The smallest absolute Gasteiger partial charge is 0.407 e. The summed E-state index contributed by atoms with van der Waals surface area (Å²) in [6, 6.07) is 12.2. The minimum Gasteiger partial charge on any atom is -0.453 e. The van der Waals surface area contributed by atoms with Crippen LogP contribution in [0.4, 0.5) is 42.9 Å². The molecule has 2 aromatic heterocycles. The molecule has 0 spiro atoms. The number of aromatic amines is 2. The predicted molar refractivity (Wildman–Crippen MR) is 282 cm³/mol. The topological polar surface area (TPSA) is 181 Å². The summed E-state index contributed by atoms with van der Waals surface area (Å²) in [5.41, 5.74) is 0.229. The molecule has 0 radical (unpaired) electrons. The normalized spacial score (nSPS) is 21.2. The lowest BCUT2D eigenvalue weighted by Gasteiger charge is -2.38. The maximum absolute atomic E-state index is 17.0. The molecule has 414 valence electrons. The van der Waals surface area contributed by atoms with Gasteiger partial charge in [0.1, 0.15) is 46.7 Å². The Balaban J connectivity index is 0.999. The Labute approximate surface area is 448 Å². The van der Waals surface area contributed by atoms with Gasteiger partial charge in [0, 0.05) is 55.8 Å². The van der Waals surface area contributed by atoms with Crippen LogP contribution in [0.3, 0.4) is 0 Å². The highest BCUT2D eigenvalue weighted by atomic mass is 19.2. The number of hydrogen-bond acceptors (Lipinski definition) is 10. The number of H-pyrrole nitrogens is 2.